The van der Waals surface area contributed by atoms with Crippen LogP contribution in [0.3, 0.4) is 0 Å². The molecule has 2 aliphatic rings. The van der Waals surface area contributed by atoms with E-state index in [1.54, 1.807) is 0 Å². The molecule has 0 aromatic rings. The van der Waals surface area contributed by atoms with E-state index >= 15 is 0 Å². The van der Waals surface area contributed by atoms with E-state index in [1.165, 1.54) is 0 Å². The molecule has 80 valence electrons. The molecule has 1 saturated carbocycles. The number of hydrogen-bond donors (Lipinski definition) is 0. The van der Waals surface area contributed by atoms with Crippen LogP contribution in [0.4, 0.5) is 0 Å². The first kappa shape index (κ1) is 10.1. The van der Waals surface area contributed by atoms with Crippen molar-refractivity contribution in [3.8, 4) is 0 Å². The molecule has 14 heavy (non-hydrogen) atoms. The first-order valence-electron chi connectivity index (χ1n) is 5.63. The van der Waals surface area contributed by atoms with Gasteiger partial charge in [0.2, 0.25) is 0 Å². The molecule has 1 aliphatic carbocycles. The van der Waals surface area contributed by atoms with Crippen molar-refractivity contribution in [2.24, 2.45) is 0 Å². The largest absolute Gasteiger partial charge is 0.377 e. The molecule has 2 rings (SSSR count). The van der Waals surface area contributed by atoms with Gasteiger partial charge in [0, 0.05) is 38.6 Å². The minimum absolute atomic E-state index is 0.327. The molecule has 2 unspecified atom stereocenters. The summed E-state index contributed by atoms with van der Waals surface area (Å²) in [7, 11) is 0. The Morgan fingerprint density at radius 1 is 1.50 bits per heavy atom. The summed E-state index contributed by atoms with van der Waals surface area (Å²) in [6, 6.07) is 0.506. The van der Waals surface area contributed by atoms with E-state index in [4.69, 9.17) is 4.74 Å². The Morgan fingerprint density at radius 2 is 2.36 bits per heavy atom. The maximum atomic E-state index is 11.2. The van der Waals surface area contributed by atoms with Crippen LogP contribution < -0.4 is 0 Å². The number of nitrogens with zero attached hydrogens (tertiary/aromatic N) is 1. The molecule has 1 saturated heterocycles. The first-order valence-corrected chi connectivity index (χ1v) is 5.63. The summed E-state index contributed by atoms with van der Waals surface area (Å²) in [5, 5.41) is 0. The lowest BCUT2D eigenvalue weighted by atomic mass is 10.2. The van der Waals surface area contributed by atoms with Gasteiger partial charge in [-0.1, -0.05) is 0 Å². The molecule has 1 aliphatic heterocycles. The predicted molar refractivity (Wildman–Crippen MR) is 54.3 cm³/mol. The Morgan fingerprint density at radius 3 is 3.07 bits per heavy atom. The van der Waals surface area contributed by atoms with Crippen LogP contribution in [-0.2, 0) is 9.53 Å². The molecule has 3 heteroatoms. The second-order valence-electron chi connectivity index (χ2n) is 4.47. The minimum Gasteiger partial charge on any atom is -0.377 e. The number of ketones is 1. The maximum Gasteiger partial charge on any atom is 0.134 e. The summed E-state index contributed by atoms with van der Waals surface area (Å²) in [4.78, 5) is 13.7. The van der Waals surface area contributed by atoms with E-state index < -0.39 is 0 Å². The summed E-state index contributed by atoms with van der Waals surface area (Å²) in [5.41, 5.74) is 0. The van der Waals surface area contributed by atoms with E-state index in [9.17, 15) is 4.79 Å². The monoisotopic (exact) mass is 197 g/mol. The van der Waals surface area contributed by atoms with Gasteiger partial charge in [-0.2, -0.15) is 0 Å². The van der Waals surface area contributed by atoms with E-state index in [1.807, 2.05) is 0 Å². The molecule has 0 amide bonds. The summed E-state index contributed by atoms with van der Waals surface area (Å²) in [5.74, 6) is 0.438. The summed E-state index contributed by atoms with van der Waals surface area (Å²) in [6.07, 6.45) is 4.05. The molecule has 0 radical (unpaired) electrons. The molecule has 2 fully saturated rings. The van der Waals surface area contributed by atoms with Crippen LogP contribution in [-0.4, -0.2) is 42.5 Å². The predicted octanol–water partition coefficient (Wildman–Crippen LogP) is 1.22. The van der Waals surface area contributed by atoms with Gasteiger partial charge in [0.25, 0.3) is 0 Å². The third kappa shape index (κ3) is 2.34. The highest BCUT2D eigenvalue weighted by Crippen LogP contribution is 2.22. The average molecular weight is 197 g/mol. The SMILES string of the molecule is CC1CN(C2CCC(=O)C2)CCCO1. The van der Waals surface area contributed by atoms with Crippen LogP contribution in [0.25, 0.3) is 0 Å². The van der Waals surface area contributed by atoms with Gasteiger partial charge in [-0.3, -0.25) is 9.69 Å². The van der Waals surface area contributed by atoms with Crippen LogP contribution in [0, 0.1) is 0 Å². The minimum atomic E-state index is 0.327. The summed E-state index contributed by atoms with van der Waals surface area (Å²) >= 11 is 0. The van der Waals surface area contributed by atoms with Crippen molar-refractivity contribution < 1.29 is 9.53 Å². The fourth-order valence-electron chi connectivity index (χ4n) is 2.46. The highest BCUT2D eigenvalue weighted by Gasteiger charge is 2.29. The van der Waals surface area contributed by atoms with Gasteiger partial charge in [0.1, 0.15) is 5.78 Å². The Bertz CT molecular complexity index is 217. The van der Waals surface area contributed by atoms with Crippen LogP contribution in [0.15, 0.2) is 0 Å². The van der Waals surface area contributed by atoms with Crippen molar-refractivity contribution in [1.82, 2.24) is 4.90 Å². The molecule has 2 atom stereocenters. The lowest BCUT2D eigenvalue weighted by Crippen LogP contribution is -2.38. The third-order valence-electron chi connectivity index (χ3n) is 3.22. The number of carbonyl (C=O) groups is 1. The standard InChI is InChI=1S/C11H19NO2/c1-9-8-12(5-2-6-14-9)10-3-4-11(13)7-10/h9-10H,2-8H2,1H3. The average Bonchev–Trinajstić information content (AvgIpc) is 2.45. The fourth-order valence-corrected chi connectivity index (χ4v) is 2.46. The van der Waals surface area contributed by atoms with Gasteiger partial charge in [0.15, 0.2) is 0 Å². The van der Waals surface area contributed by atoms with Crippen LogP contribution in [0.2, 0.25) is 0 Å². The second kappa shape index (κ2) is 4.41. The zero-order valence-corrected chi connectivity index (χ0v) is 8.87. The lowest BCUT2D eigenvalue weighted by Gasteiger charge is -2.27. The van der Waals surface area contributed by atoms with Crippen molar-refractivity contribution in [3.63, 3.8) is 0 Å². The number of hydrogen-bond acceptors (Lipinski definition) is 3. The molecular formula is C11H19NO2. The molecule has 0 aromatic carbocycles. The van der Waals surface area contributed by atoms with Crippen LogP contribution >= 0.6 is 0 Å². The molecule has 0 spiro atoms. The van der Waals surface area contributed by atoms with E-state index in [-0.39, 0.29) is 0 Å². The highest BCUT2D eigenvalue weighted by molar-refractivity contribution is 5.81. The lowest BCUT2D eigenvalue weighted by molar-refractivity contribution is -0.117. The van der Waals surface area contributed by atoms with Gasteiger partial charge >= 0.3 is 0 Å². The van der Waals surface area contributed by atoms with Gasteiger partial charge < -0.3 is 4.74 Å². The normalized spacial score (nSPS) is 35.9. The smallest absolute Gasteiger partial charge is 0.134 e. The zero-order valence-electron chi connectivity index (χ0n) is 8.87. The molecule has 3 nitrogen and oxygen atoms in total. The van der Waals surface area contributed by atoms with Crippen LogP contribution in [0.5, 0.6) is 0 Å². The summed E-state index contributed by atoms with van der Waals surface area (Å²) < 4.78 is 5.59. The van der Waals surface area contributed by atoms with E-state index in [0.29, 0.717) is 17.9 Å². The Balaban J connectivity index is 1.91. The van der Waals surface area contributed by atoms with Crippen molar-refractivity contribution in [1.29, 1.82) is 0 Å². The van der Waals surface area contributed by atoms with Crippen LogP contribution in [0.1, 0.15) is 32.6 Å². The number of carbonyl (C=O) groups excluding carboxylic acids is 1. The van der Waals surface area contributed by atoms with E-state index in [0.717, 1.165) is 45.4 Å². The number of Topliss-reactive ketones (excluding diaryl/α,β-unsaturated/α-hetero) is 1. The molecule has 0 aromatic heterocycles. The zero-order chi connectivity index (χ0) is 9.97. The van der Waals surface area contributed by atoms with Gasteiger partial charge in [0.05, 0.1) is 6.10 Å². The quantitative estimate of drug-likeness (QED) is 0.633. The number of rotatable bonds is 1. The molecular weight excluding hydrogens is 178 g/mol. The Kier molecular flexibility index (Phi) is 3.19. The van der Waals surface area contributed by atoms with Crippen molar-refractivity contribution in [3.05, 3.63) is 0 Å². The summed E-state index contributed by atoms with van der Waals surface area (Å²) in [6.45, 7) is 5.09. The van der Waals surface area contributed by atoms with Crippen molar-refractivity contribution >= 4 is 5.78 Å². The number of ether oxygens (including phenoxy) is 1. The Labute approximate surface area is 85.4 Å². The topological polar surface area (TPSA) is 29.5 Å². The fraction of sp³-hybridized carbons (Fsp3) is 0.909. The third-order valence-corrected chi connectivity index (χ3v) is 3.22. The van der Waals surface area contributed by atoms with Gasteiger partial charge in [-0.25, -0.2) is 0 Å². The molecule has 1 heterocycles. The molecule has 0 bridgehead atoms. The molecule has 0 N–H and O–H groups in total. The van der Waals surface area contributed by atoms with Crippen molar-refractivity contribution in [2.75, 3.05) is 19.7 Å². The van der Waals surface area contributed by atoms with Gasteiger partial charge in [-0.15, -0.1) is 0 Å². The maximum absolute atomic E-state index is 11.2. The van der Waals surface area contributed by atoms with Gasteiger partial charge in [-0.05, 0) is 19.8 Å². The first-order chi connectivity index (χ1) is 6.75. The Hall–Kier alpha value is -0.410. The second-order valence-corrected chi connectivity index (χ2v) is 4.47. The highest BCUT2D eigenvalue weighted by atomic mass is 16.5. The van der Waals surface area contributed by atoms with Crippen molar-refractivity contribution in [2.45, 2.75) is 44.8 Å². The van der Waals surface area contributed by atoms with E-state index in [2.05, 4.69) is 11.8 Å².